The van der Waals surface area contributed by atoms with Crippen molar-refractivity contribution >= 4 is 11.8 Å². The van der Waals surface area contributed by atoms with Crippen LogP contribution in [0.3, 0.4) is 0 Å². The van der Waals surface area contributed by atoms with Gasteiger partial charge >= 0.3 is 0 Å². The second-order valence-electron chi connectivity index (χ2n) is 3.80. The molecule has 0 heterocycles. The highest BCUT2D eigenvalue weighted by Gasteiger charge is 2.37. The van der Waals surface area contributed by atoms with Crippen LogP contribution in [0, 0.1) is 5.41 Å². The maximum atomic E-state index is 11.8. The Labute approximate surface area is 94.0 Å². The second kappa shape index (κ2) is 4.94. The van der Waals surface area contributed by atoms with Crippen LogP contribution in [0.5, 0.6) is 0 Å². The molecule has 0 saturated heterocycles. The van der Waals surface area contributed by atoms with Gasteiger partial charge in [-0.2, -0.15) is 0 Å². The number of nitrogens with two attached hydrogens (primary N) is 1. The first-order valence-corrected chi connectivity index (χ1v) is 5.07. The predicted octanol–water partition coefficient (Wildman–Crippen LogP) is -0.527. The van der Waals surface area contributed by atoms with E-state index in [4.69, 9.17) is 10.8 Å². The summed E-state index contributed by atoms with van der Waals surface area (Å²) in [5.41, 5.74) is 4.73. The molecule has 1 unspecified atom stereocenters. The normalized spacial score (nSPS) is 23.8. The summed E-state index contributed by atoms with van der Waals surface area (Å²) in [5.74, 6) is -0.750. The molecule has 0 aromatic carbocycles. The Morgan fingerprint density at radius 2 is 2.31 bits per heavy atom. The maximum Gasteiger partial charge on any atom is 0.244 e. The van der Waals surface area contributed by atoms with E-state index in [9.17, 15) is 9.59 Å². The number of aliphatic hydroxyl groups excluding tert-OH is 1. The lowest BCUT2D eigenvalue weighted by Crippen LogP contribution is -2.40. The van der Waals surface area contributed by atoms with E-state index in [1.165, 1.54) is 7.05 Å². The maximum absolute atomic E-state index is 11.8. The molecule has 0 aliphatic heterocycles. The first kappa shape index (κ1) is 12.4. The summed E-state index contributed by atoms with van der Waals surface area (Å²) in [5, 5.41) is 11.5. The highest BCUT2D eigenvalue weighted by molar-refractivity contribution is 5.95. The molecule has 2 amide bonds. The van der Waals surface area contributed by atoms with Gasteiger partial charge in [0.1, 0.15) is 0 Å². The molecule has 5 heteroatoms. The largest absolute Gasteiger partial charge is 0.396 e. The van der Waals surface area contributed by atoms with Crippen molar-refractivity contribution in [2.45, 2.75) is 12.8 Å². The zero-order chi connectivity index (χ0) is 12.2. The number of primary amides is 1. The van der Waals surface area contributed by atoms with E-state index in [0.717, 1.165) is 0 Å². The Morgan fingerprint density at radius 3 is 2.81 bits per heavy atom. The second-order valence-corrected chi connectivity index (χ2v) is 3.80. The molecule has 0 aromatic rings. The van der Waals surface area contributed by atoms with E-state index >= 15 is 0 Å². The molecule has 1 aliphatic rings. The zero-order valence-electron chi connectivity index (χ0n) is 9.19. The minimum absolute atomic E-state index is 0.121. The van der Waals surface area contributed by atoms with Crippen LogP contribution in [0.15, 0.2) is 23.8 Å². The molecule has 0 saturated carbocycles. The summed E-state index contributed by atoms with van der Waals surface area (Å²) in [6.45, 7) is -0.121. The van der Waals surface area contributed by atoms with E-state index in [2.05, 4.69) is 5.32 Å². The van der Waals surface area contributed by atoms with Crippen molar-refractivity contribution < 1.29 is 14.7 Å². The molecule has 16 heavy (non-hydrogen) atoms. The number of aliphatic hydroxyl groups is 1. The molecular formula is C11H16N2O3. The van der Waals surface area contributed by atoms with Gasteiger partial charge in [-0.05, 0) is 12.8 Å². The quantitative estimate of drug-likeness (QED) is 0.599. The Morgan fingerprint density at radius 1 is 1.62 bits per heavy atom. The van der Waals surface area contributed by atoms with Crippen LogP contribution in [0.1, 0.15) is 12.8 Å². The Hall–Kier alpha value is -1.62. The van der Waals surface area contributed by atoms with Crippen LogP contribution in [0.2, 0.25) is 0 Å². The fraction of sp³-hybridized carbons (Fsp3) is 0.455. The lowest BCUT2D eigenvalue weighted by Gasteiger charge is -2.30. The van der Waals surface area contributed by atoms with Crippen LogP contribution < -0.4 is 11.1 Å². The molecule has 4 N–H and O–H groups in total. The van der Waals surface area contributed by atoms with Crippen LogP contribution in [-0.4, -0.2) is 30.6 Å². The lowest BCUT2D eigenvalue weighted by atomic mass is 9.75. The lowest BCUT2D eigenvalue weighted by molar-refractivity contribution is -0.129. The van der Waals surface area contributed by atoms with Gasteiger partial charge in [0.15, 0.2) is 0 Å². The molecule has 88 valence electrons. The molecule has 1 aliphatic carbocycles. The first-order chi connectivity index (χ1) is 7.55. The zero-order valence-corrected chi connectivity index (χ0v) is 9.19. The number of allylic oxidation sites excluding steroid dienone is 2. The van der Waals surface area contributed by atoms with Crippen LogP contribution in [0.25, 0.3) is 0 Å². The number of hydrogen-bond donors (Lipinski definition) is 3. The van der Waals surface area contributed by atoms with Crippen molar-refractivity contribution in [2.24, 2.45) is 11.1 Å². The predicted molar refractivity (Wildman–Crippen MR) is 59.2 cm³/mol. The van der Waals surface area contributed by atoms with E-state index < -0.39 is 11.3 Å². The minimum Gasteiger partial charge on any atom is -0.396 e. The Balaban J connectivity index is 2.99. The Bertz CT molecular complexity index is 360. The highest BCUT2D eigenvalue weighted by Crippen LogP contribution is 2.35. The van der Waals surface area contributed by atoms with E-state index in [0.29, 0.717) is 5.57 Å². The SMILES string of the molecule is CNC(=O)C1(CCO)C=CC=C(C(N)=O)C1. The van der Waals surface area contributed by atoms with Crippen molar-refractivity contribution in [2.75, 3.05) is 13.7 Å². The van der Waals surface area contributed by atoms with Gasteiger partial charge in [0.25, 0.3) is 0 Å². The summed E-state index contributed by atoms with van der Waals surface area (Å²) in [6, 6.07) is 0. The van der Waals surface area contributed by atoms with Gasteiger partial charge in [0.2, 0.25) is 11.8 Å². The molecule has 0 aromatic heterocycles. The number of amides is 2. The average Bonchev–Trinajstić information content (AvgIpc) is 2.28. The van der Waals surface area contributed by atoms with Crippen molar-refractivity contribution in [3.63, 3.8) is 0 Å². The molecule has 0 radical (unpaired) electrons. The molecule has 5 nitrogen and oxygen atoms in total. The van der Waals surface area contributed by atoms with Gasteiger partial charge in [-0.25, -0.2) is 0 Å². The van der Waals surface area contributed by atoms with Gasteiger partial charge in [-0.3, -0.25) is 9.59 Å². The number of carbonyl (C=O) groups is 2. The van der Waals surface area contributed by atoms with Crippen LogP contribution in [0.4, 0.5) is 0 Å². The third-order valence-electron chi connectivity index (χ3n) is 2.77. The standard InChI is InChI=1S/C11H16N2O3/c1-13-10(16)11(5-6-14)4-2-3-8(7-11)9(12)15/h2-4,14H,5-7H2,1H3,(H2,12,15)(H,13,16). The minimum atomic E-state index is -0.859. The topological polar surface area (TPSA) is 92.4 Å². The molecule has 0 spiro atoms. The third-order valence-corrected chi connectivity index (χ3v) is 2.77. The van der Waals surface area contributed by atoms with Gasteiger partial charge in [0, 0.05) is 19.2 Å². The molecule has 1 rings (SSSR count). The van der Waals surface area contributed by atoms with Crippen molar-refractivity contribution in [3.05, 3.63) is 23.8 Å². The highest BCUT2D eigenvalue weighted by atomic mass is 16.3. The van der Waals surface area contributed by atoms with Crippen molar-refractivity contribution in [3.8, 4) is 0 Å². The fourth-order valence-electron chi connectivity index (χ4n) is 1.87. The van der Waals surface area contributed by atoms with Crippen LogP contribution >= 0.6 is 0 Å². The molecule has 0 fully saturated rings. The first-order valence-electron chi connectivity index (χ1n) is 5.07. The van der Waals surface area contributed by atoms with Gasteiger partial charge in [-0.1, -0.05) is 18.2 Å². The van der Waals surface area contributed by atoms with E-state index in [-0.39, 0.29) is 25.4 Å². The number of nitrogens with one attached hydrogen (secondary N) is 1. The van der Waals surface area contributed by atoms with Crippen LogP contribution in [-0.2, 0) is 9.59 Å². The summed E-state index contributed by atoms with van der Waals surface area (Å²) >= 11 is 0. The molecule has 0 bridgehead atoms. The summed E-state index contributed by atoms with van der Waals surface area (Å²) in [6.07, 6.45) is 5.44. The Kier molecular flexibility index (Phi) is 3.84. The van der Waals surface area contributed by atoms with E-state index in [1.54, 1.807) is 18.2 Å². The summed E-state index contributed by atoms with van der Waals surface area (Å²) in [7, 11) is 1.53. The summed E-state index contributed by atoms with van der Waals surface area (Å²) in [4.78, 5) is 22.9. The van der Waals surface area contributed by atoms with Crippen molar-refractivity contribution in [1.82, 2.24) is 5.32 Å². The van der Waals surface area contributed by atoms with Crippen molar-refractivity contribution in [1.29, 1.82) is 0 Å². The average molecular weight is 224 g/mol. The number of hydrogen-bond acceptors (Lipinski definition) is 3. The number of carbonyl (C=O) groups excluding carboxylic acids is 2. The van der Waals surface area contributed by atoms with Gasteiger partial charge in [-0.15, -0.1) is 0 Å². The molecule has 1 atom stereocenters. The monoisotopic (exact) mass is 224 g/mol. The molecular weight excluding hydrogens is 208 g/mol. The number of rotatable bonds is 4. The van der Waals surface area contributed by atoms with Gasteiger partial charge < -0.3 is 16.2 Å². The summed E-state index contributed by atoms with van der Waals surface area (Å²) < 4.78 is 0. The third kappa shape index (κ3) is 2.30. The van der Waals surface area contributed by atoms with Gasteiger partial charge in [0.05, 0.1) is 5.41 Å². The smallest absolute Gasteiger partial charge is 0.244 e. The fourth-order valence-corrected chi connectivity index (χ4v) is 1.87. The van der Waals surface area contributed by atoms with E-state index in [1.807, 2.05) is 0 Å².